The van der Waals surface area contributed by atoms with Crippen LogP contribution in [0.2, 0.25) is 0 Å². The zero-order valence-corrected chi connectivity index (χ0v) is 12.1. The molecule has 0 saturated heterocycles. The lowest BCUT2D eigenvalue weighted by atomic mass is 10.1. The molecular formula is C16H17FN4O. The van der Waals surface area contributed by atoms with Crippen LogP contribution in [-0.2, 0) is 6.42 Å². The molecule has 0 saturated carbocycles. The third-order valence-corrected chi connectivity index (χ3v) is 2.94. The van der Waals surface area contributed by atoms with Gasteiger partial charge in [-0.3, -0.25) is 4.79 Å². The molecule has 22 heavy (non-hydrogen) atoms. The average Bonchev–Trinajstić information content (AvgIpc) is 2.55. The molecule has 6 heteroatoms. The van der Waals surface area contributed by atoms with Crippen molar-refractivity contribution >= 4 is 11.7 Å². The Morgan fingerprint density at radius 1 is 1.27 bits per heavy atom. The smallest absolute Gasteiger partial charge is 0.270 e. The van der Waals surface area contributed by atoms with Gasteiger partial charge in [-0.2, -0.15) is 0 Å². The Morgan fingerprint density at radius 3 is 2.77 bits per heavy atom. The summed E-state index contributed by atoms with van der Waals surface area (Å²) in [4.78, 5) is 20.0. The van der Waals surface area contributed by atoms with Gasteiger partial charge in [0.25, 0.3) is 5.91 Å². The quantitative estimate of drug-likeness (QED) is 0.769. The maximum absolute atomic E-state index is 12.8. The summed E-state index contributed by atoms with van der Waals surface area (Å²) in [6, 6.07) is 7.78. The van der Waals surface area contributed by atoms with Crippen LogP contribution >= 0.6 is 0 Å². The summed E-state index contributed by atoms with van der Waals surface area (Å²) < 4.78 is 12.8. The number of halogens is 1. The van der Waals surface area contributed by atoms with E-state index in [9.17, 15) is 9.18 Å². The molecule has 0 aliphatic heterocycles. The summed E-state index contributed by atoms with van der Waals surface area (Å²) in [5, 5.41) is 5.77. The minimum Gasteiger partial charge on any atom is -0.366 e. The van der Waals surface area contributed by atoms with E-state index in [1.807, 2.05) is 0 Å². The molecule has 0 radical (unpaired) electrons. The van der Waals surface area contributed by atoms with Gasteiger partial charge in [0, 0.05) is 19.2 Å². The second-order valence-corrected chi connectivity index (χ2v) is 4.59. The molecule has 0 bridgehead atoms. The van der Waals surface area contributed by atoms with E-state index in [0.717, 1.165) is 5.56 Å². The summed E-state index contributed by atoms with van der Waals surface area (Å²) >= 11 is 0. The molecule has 1 heterocycles. The van der Waals surface area contributed by atoms with Crippen LogP contribution in [0.3, 0.4) is 0 Å². The molecule has 1 aromatic heterocycles. The monoisotopic (exact) mass is 300 g/mol. The van der Waals surface area contributed by atoms with Crippen LogP contribution in [0, 0.1) is 5.82 Å². The summed E-state index contributed by atoms with van der Waals surface area (Å²) in [6.45, 7) is 4.61. The highest BCUT2D eigenvalue weighted by molar-refractivity contribution is 5.92. The van der Waals surface area contributed by atoms with E-state index in [1.165, 1.54) is 18.5 Å². The second kappa shape index (κ2) is 7.87. The minimum atomic E-state index is -0.272. The molecular weight excluding hydrogens is 283 g/mol. The number of carbonyl (C=O) groups excluding carboxylic acids is 1. The number of benzene rings is 1. The highest BCUT2D eigenvalue weighted by atomic mass is 19.1. The van der Waals surface area contributed by atoms with Crippen molar-refractivity contribution in [3.63, 3.8) is 0 Å². The number of amides is 1. The van der Waals surface area contributed by atoms with E-state index in [-0.39, 0.29) is 11.7 Å². The summed E-state index contributed by atoms with van der Waals surface area (Å²) in [7, 11) is 0. The Kier molecular flexibility index (Phi) is 5.59. The van der Waals surface area contributed by atoms with Crippen molar-refractivity contribution in [1.29, 1.82) is 0 Å². The van der Waals surface area contributed by atoms with Crippen LogP contribution in [0.1, 0.15) is 16.1 Å². The number of anilines is 1. The van der Waals surface area contributed by atoms with Crippen molar-refractivity contribution in [2.24, 2.45) is 0 Å². The largest absolute Gasteiger partial charge is 0.366 e. The van der Waals surface area contributed by atoms with E-state index >= 15 is 0 Å². The fourth-order valence-corrected chi connectivity index (χ4v) is 1.82. The SMILES string of the molecule is C=CCNc1cc(C(=O)NCCc2ccc(F)cc2)ncn1. The molecule has 0 unspecified atom stereocenters. The molecule has 114 valence electrons. The number of aromatic nitrogens is 2. The second-order valence-electron chi connectivity index (χ2n) is 4.59. The molecule has 1 amide bonds. The van der Waals surface area contributed by atoms with Crippen molar-refractivity contribution in [3.05, 3.63) is 66.4 Å². The van der Waals surface area contributed by atoms with Gasteiger partial charge in [0.1, 0.15) is 23.7 Å². The van der Waals surface area contributed by atoms with Gasteiger partial charge in [-0.05, 0) is 24.1 Å². The third kappa shape index (κ3) is 4.66. The Hall–Kier alpha value is -2.76. The standard InChI is InChI=1S/C16H17FN4O/c1-2-8-18-15-10-14(20-11-21-15)16(22)19-9-7-12-3-5-13(17)6-4-12/h2-6,10-11H,1,7-9H2,(H,19,22)(H,18,20,21). The lowest BCUT2D eigenvalue weighted by Crippen LogP contribution is -2.26. The topological polar surface area (TPSA) is 66.9 Å². The first-order chi connectivity index (χ1) is 10.7. The van der Waals surface area contributed by atoms with Gasteiger partial charge < -0.3 is 10.6 Å². The Bertz CT molecular complexity index is 643. The van der Waals surface area contributed by atoms with Gasteiger partial charge in [-0.15, -0.1) is 6.58 Å². The van der Waals surface area contributed by atoms with Crippen LogP contribution < -0.4 is 10.6 Å². The van der Waals surface area contributed by atoms with E-state index in [2.05, 4.69) is 27.2 Å². The molecule has 0 aliphatic rings. The number of nitrogens with one attached hydrogen (secondary N) is 2. The van der Waals surface area contributed by atoms with Crippen LogP contribution in [0.15, 0.2) is 49.3 Å². The maximum Gasteiger partial charge on any atom is 0.270 e. The minimum absolute atomic E-state index is 0.270. The van der Waals surface area contributed by atoms with Crippen molar-refractivity contribution in [1.82, 2.24) is 15.3 Å². The maximum atomic E-state index is 12.8. The Balaban J connectivity index is 1.86. The molecule has 2 aromatic rings. The van der Waals surface area contributed by atoms with Gasteiger partial charge in [-0.1, -0.05) is 18.2 Å². The first-order valence-corrected chi connectivity index (χ1v) is 6.88. The van der Waals surface area contributed by atoms with Crippen LogP contribution in [0.4, 0.5) is 10.2 Å². The number of nitrogens with zero attached hydrogens (tertiary/aromatic N) is 2. The van der Waals surface area contributed by atoms with Gasteiger partial charge >= 0.3 is 0 Å². The summed E-state index contributed by atoms with van der Waals surface area (Å²) in [6.07, 6.45) is 3.66. The molecule has 0 spiro atoms. The zero-order valence-electron chi connectivity index (χ0n) is 12.1. The van der Waals surface area contributed by atoms with Gasteiger partial charge in [0.15, 0.2) is 0 Å². The summed E-state index contributed by atoms with van der Waals surface area (Å²) in [5.74, 6) is 0.0260. The van der Waals surface area contributed by atoms with Gasteiger partial charge in [0.05, 0.1) is 0 Å². The fourth-order valence-electron chi connectivity index (χ4n) is 1.82. The predicted octanol–water partition coefficient (Wildman–Crippen LogP) is 2.19. The van der Waals surface area contributed by atoms with Crippen LogP contribution in [0.5, 0.6) is 0 Å². The average molecular weight is 300 g/mol. The third-order valence-electron chi connectivity index (χ3n) is 2.94. The van der Waals surface area contributed by atoms with Crippen LogP contribution in [0.25, 0.3) is 0 Å². The van der Waals surface area contributed by atoms with Gasteiger partial charge in [0.2, 0.25) is 0 Å². The predicted molar refractivity (Wildman–Crippen MR) is 83.2 cm³/mol. The molecule has 2 rings (SSSR count). The summed E-state index contributed by atoms with van der Waals surface area (Å²) in [5.41, 5.74) is 1.25. The van der Waals surface area contributed by atoms with Crippen molar-refractivity contribution in [2.75, 3.05) is 18.4 Å². The molecule has 1 aromatic carbocycles. The number of rotatable bonds is 7. The lowest BCUT2D eigenvalue weighted by molar-refractivity contribution is 0.0949. The first kappa shape index (κ1) is 15.6. The molecule has 0 aliphatic carbocycles. The van der Waals surface area contributed by atoms with E-state index in [4.69, 9.17) is 0 Å². The first-order valence-electron chi connectivity index (χ1n) is 6.88. The van der Waals surface area contributed by atoms with Gasteiger partial charge in [-0.25, -0.2) is 14.4 Å². The highest BCUT2D eigenvalue weighted by Gasteiger charge is 2.08. The Morgan fingerprint density at radius 2 is 2.05 bits per heavy atom. The Labute approximate surface area is 128 Å². The van der Waals surface area contributed by atoms with Crippen molar-refractivity contribution in [2.45, 2.75) is 6.42 Å². The van der Waals surface area contributed by atoms with Crippen LogP contribution in [-0.4, -0.2) is 29.0 Å². The molecule has 0 fully saturated rings. The van der Waals surface area contributed by atoms with E-state index in [1.54, 1.807) is 24.3 Å². The fraction of sp³-hybridized carbons (Fsp3) is 0.188. The zero-order chi connectivity index (χ0) is 15.8. The molecule has 2 N–H and O–H groups in total. The van der Waals surface area contributed by atoms with E-state index < -0.39 is 0 Å². The number of hydrogen-bond acceptors (Lipinski definition) is 4. The number of hydrogen-bond donors (Lipinski definition) is 2. The normalized spacial score (nSPS) is 10.0. The van der Waals surface area contributed by atoms with E-state index in [0.29, 0.717) is 31.0 Å². The highest BCUT2D eigenvalue weighted by Crippen LogP contribution is 2.05. The molecule has 5 nitrogen and oxygen atoms in total. The number of carbonyl (C=O) groups is 1. The lowest BCUT2D eigenvalue weighted by Gasteiger charge is -2.06. The molecule has 0 atom stereocenters. The van der Waals surface area contributed by atoms with Crippen molar-refractivity contribution in [3.8, 4) is 0 Å². The van der Waals surface area contributed by atoms with Crippen molar-refractivity contribution < 1.29 is 9.18 Å².